The van der Waals surface area contributed by atoms with Gasteiger partial charge in [-0.25, -0.2) is 4.98 Å². The molecule has 0 amide bonds. The van der Waals surface area contributed by atoms with Gasteiger partial charge >= 0.3 is 0 Å². The molecule has 6 nitrogen and oxygen atoms in total. The SMILES string of the molecule is Nc1nc(-c2ccccc2)c(-c2nn[nH]n2)s1. The fourth-order valence-electron chi connectivity index (χ4n) is 1.54. The summed E-state index contributed by atoms with van der Waals surface area (Å²) in [5.41, 5.74) is 7.52. The van der Waals surface area contributed by atoms with E-state index in [-0.39, 0.29) is 0 Å². The van der Waals surface area contributed by atoms with Gasteiger partial charge in [-0.05, 0) is 5.21 Å². The molecular formula is C10H8N6S. The molecule has 0 aliphatic heterocycles. The summed E-state index contributed by atoms with van der Waals surface area (Å²) < 4.78 is 0. The van der Waals surface area contributed by atoms with Gasteiger partial charge in [0, 0.05) is 5.56 Å². The average Bonchev–Trinajstić information content (AvgIpc) is 2.98. The van der Waals surface area contributed by atoms with Crippen LogP contribution in [-0.4, -0.2) is 25.6 Å². The highest BCUT2D eigenvalue weighted by atomic mass is 32.1. The van der Waals surface area contributed by atoms with E-state index in [4.69, 9.17) is 5.73 Å². The Bertz CT molecular complexity index is 616. The number of hydrogen-bond acceptors (Lipinski definition) is 6. The largest absolute Gasteiger partial charge is 0.375 e. The molecule has 0 saturated carbocycles. The molecule has 84 valence electrons. The van der Waals surface area contributed by atoms with Gasteiger partial charge in [-0.1, -0.05) is 41.7 Å². The van der Waals surface area contributed by atoms with Crippen LogP contribution in [-0.2, 0) is 0 Å². The quantitative estimate of drug-likeness (QED) is 0.713. The Morgan fingerprint density at radius 3 is 2.71 bits per heavy atom. The summed E-state index contributed by atoms with van der Waals surface area (Å²) in [6.07, 6.45) is 0. The standard InChI is InChI=1S/C10H8N6S/c11-10-12-7(6-4-2-1-3-5-6)8(17-10)9-13-15-16-14-9/h1-5H,(H2,11,12)(H,13,14,15,16). The Labute approximate surface area is 101 Å². The first-order valence-electron chi connectivity index (χ1n) is 4.90. The summed E-state index contributed by atoms with van der Waals surface area (Å²) >= 11 is 1.35. The van der Waals surface area contributed by atoms with Crippen molar-refractivity contribution in [3.05, 3.63) is 30.3 Å². The summed E-state index contributed by atoms with van der Waals surface area (Å²) in [7, 11) is 0. The molecular weight excluding hydrogens is 236 g/mol. The van der Waals surface area contributed by atoms with Gasteiger partial charge in [-0.2, -0.15) is 5.21 Å². The monoisotopic (exact) mass is 244 g/mol. The van der Waals surface area contributed by atoms with Gasteiger partial charge in [0.1, 0.15) is 4.88 Å². The first-order chi connectivity index (χ1) is 8.34. The Balaban J connectivity index is 2.18. The van der Waals surface area contributed by atoms with Crippen molar-refractivity contribution < 1.29 is 0 Å². The Morgan fingerprint density at radius 1 is 1.18 bits per heavy atom. The molecule has 3 N–H and O–H groups in total. The molecule has 0 unspecified atom stereocenters. The molecule has 2 aromatic heterocycles. The summed E-state index contributed by atoms with van der Waals surface area (Å²) in [5.74, 6) is 0.512. The molecule has 0 fully saturated rings. The second kappa shape index (κ2) is 3.95. The van der Waals surface area contributed by atoms with Crippen molar-refractivity contribution >= 4 is 16.5 Å². The van der Waals surface area contributed by atoms with Crippen LogP contribution in [0.2, 0.25) is 0 Å². The number of tetrazole rings is 1. The molecule has 0 spiro atoms. The van der Waals surface area contributed by atoms with Crippen LogP contribution < -0.4 is 5.73 Å². The van der Waals surface area contributed by atoms with Crippen LogP contribution in [0.4, 0.5) is 5.13 Å². The van der Waals surface area contributed by atoms with Crippen LogP contribution in [0.1, 0.15) is 0 Å². The minimum atomic E-state index is 0.489. The minimum absolute atomic E-state index is 0.489. The molecule has 3 rings (SSSR count). The van der Waals surface area contributed by atoms with Crippen molar-refractivity contribution in [3.8, 4) is 22.0 Å². The zero-order valence-electron chi connectivity index (χ0n) is 8.66. The van der Waals surface area contributed by atoms with Gasteiger partial charge in [-0.15, -0.1) is 10.2 Å². The molecule has 0 bridgehead atoms. The molecule has 1 aromatic carbocycles. The number of nitrogens with one attached hydrogen (secondary N) is 1. The maximum Gasteiger partial charge on any atom is 0.216 e. The number of hydrogen-bond donors (Lipinski definition) is 2. The molecule has 17 heavy (non-hydrogen) atoms. The zero-order valence-corrected chi connectivity index (χ0v) is 9.48. The third kappa shape index (κ3) is 1.76. The lowest BCUT2D eigenvalue weighted by molar-refractivity contribution is 0.881. The van der Waals surface area contributed by atoms with Gasteiger partial charge in [0.05, 0.1) is 5.69 Å². The Kier molecular flexibility index (Phi) is 2.30. The van der Waals surface area contributed by atoms with E-state index in [0.717, 1.165) is 16.1 Å². The molecule has 0 aliphatic rings. The van der Waals surface area contributed by atoms with E-state index in [1.165, 1.54) is 11.3 Å². The predicted molar refractivity (Wildman–Crippen MR) is 65.1 cm³/mol. The lowest BCUT2D eigenvalue weighted by atomic mass is 10.1. The Morgan fingerprint density at radius 2 is 2.00 bits per heavy atom. The van der Waals surface area contributed by atoms with Gasteiger partial charge in [-0.3, -0.25) is 0 Å². The number of aromatic amines is 1. The first-order valence-corrected chi connectivity index (χ1v) is 5.72. The van der Waals surface area contributed by atoms with Gasteiger partial charge in [0.15, 0.2) is 5.13 Å². The van der Waals surface area contributed by atoms with Crippen LogP contribution in [0.15, 0.2) is 30.3 Å². The number of thiazole rings is 1. The molecule has 2 heterocycles. The van der Waals surface area contributed by atoms with Crippen molar-refractivity contribution in [2.75, 3.05) is 5.73 Å². The van der Waals surface area contributed by atoms with Gasteiger partial charge in [0.2, 0.25) is 5.82 Å². The number of nitrogen functional groups attached to an aromatic ring is 1. The summed E-state index contributed by atoms with van der Waals surface area (Å²) in [4.78, 5) is 5.13. The number of nitrogens with two attached hydrogens (primary N) is 1. The Hall–Kier alpha value is -2.28. The second-order valence-electron chi connectivity index (χ2n) is 3.33. The predicted octanol–water partition coefficient (Wildman–Crippen LogP) is 1.57. The number of benzene rings is 1. The molecule has 3 aromatic rings. The van der Waals surface area contributed by atoms with Crippen molar-refractivity contribution in [3.63, 3.8) is 0 Å². The van der Waals surface area contributed by atoms with Crippen molar-refractivity contribution in [2.24, 2.45) is 0 Å². The van der Waals surface area contributed by atoms with Crippen molar-refractivity contribution in [1.29, 1.82) is 0 Å². The van der Waals surface area contributed by atoms with E-state index in [2.05, 4.69) is 25.6 Å². The fourth-order valence-corrected chi connectivity index (χ4v) is 2.32. The number of anilines is 1. The lowest BCUT2D eigenvalue weighted by Gasteiger charge is -1.97. The third-order valence-corrected chi connectivity index (χ3v) is 3.12. The highest BCUT2D eigenvalue weighted by molar-refractivity contribution is 7.19. The van der Waals surface area contributed by atoms with Crippen molar-refractivity contribution in [2.45, 2.75) is 0 Å². The lowest BCUT2D eigenvalue weighted by Crippen LogP contribution is -1.85. The molecule has 0 radical (unpaired) electrons. The molecule has 0 saturated heterocycles. The van der Waals surface area contributed by atoms with Gasteiger partial charge < -0.3 is 5.73 Å². The maximum atomic E-state index is 5.74. The van der Waals surface area contributed by atoms with E-state index in [1.807, 2.05) is 30.3 Å². The average molecular weight is 244 g/mol. The number of aromatic nitrogens is 5. The smallest absolute Gasteiger partial charge is 0.216 e. The molecule has 7 heteroatoms. The number of nitrogens with zero attached hydrogens (tertiary/aromatic N) is 4. The highest BCUT2D eigenvalue weighted by Gasteiger charge is 2.16. The van der Waals surface area contributed by atoms with E-state index < -0.39 is 0 Å². The topological polar surface area (TPSA) is 93.4 Å². The normalized spacial score (nSPS) is 10.6. The van der Waals surface area contributed by atoms with Crippen molar-refractivity contribution in [1.82, 2.24) is 25.6 Å². The highest BCUT2D eigenvalue weighted by Crippen LogP contribution is 2.35. The summed E-state index contributed by atoms with van der Waals surface area (Å²) in [5, 5.41) is 14.4. The van der Waals surface area contributed by atoms with E-state index >= 15 is 0 Å². The van der Waals surface area contributed by atoms with Crippen LogP contribution in [0.25, 0.3) is 22.0 Å². The molecule has 0 atom stereocenters. The minimum Gasteiger partial charge on any atom is -0.375 e. The van der Waals surface area contributed by atoms with Crippen LogP contribution in [0.5, 0.6) is 0 Å². The van der Waals surface area contributed by atoms with E-state index in [9.17, 15) is 0 Å². The van der Waals surface area contributed by atoms with E-state index in [1.54, 1.807) is 0 Å². The third-order valence-electron chi connectivity index (χ3n) is 2.24. The first kappa shape index (κ1) is 9.91. The van der Waals surface area contributed by atoms with E-state index in [0.29, 0.717) is 11.0 Å². The summed E-state index contributed by atoms with van der Waals surface area (Å²) in [6, 6.07) is 9.79. The maximum absolute atomic E-state index is 5.74. The van der Waals surface area contributed by atoms with Gasteiger partial charge in [0.25, 0.3) is 0 Å². The number of H-pyrrole nitrogens is 1. The van der Waals surface area contributed by atoms with Crippen LogP contribution >= 0.6 is 11.3 Å². The molecule has 0 aliphatic carbocycles. The number of rotatable bonds is 2. The second-order valence-corrected chi connectivity index (χ2v) is 4.36. The zero-order chi connectivity index (χ0) is 11.7. The summed E-state index contributed by atoms with van der Waals surface area (Å²) in [6.45, 7) is 0. The fraction of sp³-hybridized carbons (Fsp3) is 0. The van der Waals surface area contributed by atoms with Crippen LogP contribution in [0.3, 0.4) is 0 Å². The van der Waals surface area contributed by atoms with Crippen LogP contribution in [0, 0.1) is 0 Å².